The van der Waals surface area contributed by atoms with E-state index >= 15 is 0 Å². The average Bonchev–Trinajstić information content (AvgIpc) is 2.36. The smallest absolute Gasteiger partial charge is 0.172 e. The molecule has 2 heterocycles. The first kappa shape index (κ1) is 5.68. The molecule has 52 valence electrons. The SMILES string of the molecule is Cc1ccnc2c1ONC2. The van der Waals surface area contributed by atoms with Crippen LogP contribution in [0.5, 0.6) is 5.75 Å². The van der Waals surface area contributed by atoms with Crippen LogP contribution in [0.1, 0.15) is 11.3 Å². The molecule has 0 aliphatic carbocycles. The van der Waals surface area contributed by atoms with Crippen molar-refractivity contribution in [3.63, 3.8) is 0 Å². The van der Waals surface area contributed by atoms with Crippen molar-refractivity contribution in [2.75, 3.05) is 0 Å². The zero-order valence-corrected chi connectivity index (χ0v) is 5.72. The number of aryl methyl sites for hydroxylation is 1. The first-order valence-electron chi connectivity index (χ1n) is 3.22. The molecule has 0 bridgehead atoms. The average molecular weight is 136 g/mol. The molecule has 1 aliphatic rings. The van der Waals surface area contributed by atoms with Gasteiger partial charge in [0, 0.05) is 6.20 Å². The first-order chi connectivity index (χ1) is 4.88. The summed E-state index contributed by atoms with van der Waals surface area (Å²) in [5.74, 6) is 0.891. The second kappa shape index (κ2) is 1.95. The number of rotatable bonds is 0. The molecular weight excluding hydrogens is 128 g/mol. The van der Waals surface area contributed by atoms with Gasteiger partial charge in [-0.3, -0.25) is 4.98 Å². The third-order valence-electron chi connectivity index (χ3n) is 1.59. The Morgan fingerprint density at radius 3 is 3.40 bits per heavy atom. The third kappa shape index (κ3) is 0.675. The molecule has 0 aromatic carbocycles. The van der Waals surface area contributed by atoms with E-state index in [1.165, 1.54) is 0 Å². The van der Waals surface area contributed by atoms with E-state index in [1.807, 2.05) is 13.0 Å². The summed E-state index contributed by atoms with van der Waals surface area (Å²) in [6.45, 7) is 2.73. The highest BCUT2D eigenvalue weighted by Crippen LogP contribution is 2.23. The quantitative estimate of drug-likeness (QED) is 0.572. The van der Waals surface area contributed by atoms with Crippen LogP contribution in [-0.2, 0) is 6.54 Å². The van der Waals surface area contributed by atoms with Crippen LogP contribution in [0.25, 0.3) is 0 Å². The second-order valence-electron chi connectivity index (χ2n) is 2.33. The van der Waals surface area contributed by atoms with Crippen LogP contribution in [0, 0.1) is 6.92 Å². The third-order valence-corrected chi connectivity index (χ3v) is 1.59. The Kier molecular flexibility index (Phi) is 1.11. The number of nitrogens with zero attached hydrogens (tertiary/aromatic N) is 1. The zero-order valence-electron chi connectivity index (χ0n) is 5.72. The number of nitrogens with one attached hydrogen (secondary N) is 1. The van der Waals surface area contributed by atoms with Gasteiger partial charge in [0.2, 0.25) is 0 Å². The molecule has 0 spiro atoms. The molecule has 1 aromatic heterocycles. The summed E-state index contributed by atoms with van der Waals surface area (Å²) in [5.41, 5.74) is 4.90. The molecule has 0 unspecified atom stereocenters. The van der Waals surface area contributed by atoms with Crippen LogP contribution in [0.3, 0.4) is 0 Å². The standard InChI is InChI=1S/C7H8N2O/c1-5-2-3-8-6-4-9-10-7(5)6/h2-3,9H,4H2,1H3. The Balaban J connectivity index is 2.59. The number of pyridine rings is 1. The van der Waals surface area contributed by atoms with Gasteiger partial charge in [0.15, 0.2) is 5.75 Å². The summed E-state index contributed by atoms with van der Waals surface area (Å²) in [4.78, 5) is 9.25. The van der Waals surface area contributed by atoms with Gasteiger partial charge in [-0.25, -0.2) is 0 Å². The number of hydrogen-bond acceptors (Lipinski definition) is 3. The Hall–Kier alpha value is -1.09. The lowest BCUT2D eigenvalue weighted by atomic mass is 10.2. The van der Waals surface area contributed by atoms with E-state index in [9.17, 15) is 0 Å². The maximum atomic E-state index is 5.12. The first-order valence-corrected chi connectivity index (χ1v) is 3.22. The Bertz CT molecular complexity index is 260. The van der Waals surface area contributed by atoms with Gasteiger partial charge < -0.3 is 4.84 Å². The summed E-state index contributed by atoms with van der Waals surface area (Å²) in [7, 11) is 0. The predicted octanol–water partition coefficient (Wildman–Crippen LogP) is 0.787. The normalized spacial score (nSPS) is 14.5. The summed E-state index contributed by atoms with van der Waals surface area (Å²) in [5, 5.41) is 0. The zero-order chi connectivity index (χ0) is 6.97. The monoisotopic (exact) mass is 136 g/mol. The predicted molar refractivity (Wildman–Crippen MR) is 36.4 cm³/mol. The van der Waals surface area contributed by atoms with Crippen molar-refractivity contribution in [3.05, 3.63) is 23.5 Å². The van der Waals surface area contributed by atoms with E-state index in [0.29, 0.717) is 0 Å². The van der Waals surface area contributed by atoms with Crippen LogP contribution in [0.2, 0.25) is 0 Å². The van der Waals surface area contributed by atoms with E-state index in [0.717, 1.165) is 23.6 Å². The van der Waals surface area contributed by atoms with Gasteiger partial charge in [-0.1, -0.05) is 0 Å². The lowest BCUT2D eigenvalue weighted by Crippen LogP contribution is -2.08. The number of aromatic nitrogens is 1. The lowest BCUT2D eigenvalue weighted by molar-refractivity contribution is 0.223. The second-order valence-corrected chi connectivity index (χ2v) is 2.33. The van der Waals surface area contributed by atoms with Crippen molar-refractivity contribution in [3.8, 4) is 5.75 Å². The summed E-state index contributed by atoms with van der Waals surface area (Å²) < 4.78 is 0. The van der Waals surface area contributed by atoms with E-state index in [1.54, 1.807) is 6.20 Å². The van der Waals surface area contributed by atoms with Crippen LogP contribution in [-0.4, -0.2) is 4.98 Å². The van der Waals surface area contributed by atoms with E-state index in [4.69, 9.17) is 4.84 Å². The topological polar surface area (TPSA) is 34.1 Å². The Morgan fingerprint density at radius 1 is 1.70 bits per heavy atom. The molecule has 1 N–H and O–H groups in total. The number of hydroxylamine groups is 1. The van der Waals surface area contributed by atoms with E-state index in [-0.39, 0.29) is 0 Å². The highest BCUT2D eigenvalue weighted by atomic mass is 16.7. The molecule has 3 nitrogen and oxygen atoms in total. The highest BCUT2D eigenvalue weighted by molar-refractivity contribution is 5.37. The van der Waals surface area contributed by atoms with Crippen LogP contribution < -0.4 is 10.3 Å². The fraction of sp³-hybridized carbons (Fsp3) is 0.286. The van der Waals surface area contributed by atoms with Gasteiger partial charge in [-0.15, -0.1) is 0 Å². The minimum absolute atomic E-state index is 0.719. The molecule has 0 radical (unpaired) electrons. The molecule has 1 aromatic rings. The van der Waals surface area contributed by atoms with Crippen molar-refractivity contribution in [1.29, 1.82) is 0 Å². The van der Waals surface area contributed by atoms with Crippen LogP contribution in [0.15, 0.2) is 12.3 Å². The minimum Gasteiger partial charge on any atom is -0.406 e. The van der Waals surface area contributed by atoms with Gasteiger partial charge in [-0.2, -0.15) is 5.48 Å². The largest absolute Gasteiger partial charge is 0.406 e. The lowest BCUT2D eigenvalue weighted by Gasteiger charge is -1.98. The van der Waals surface area contributed by atoms with Crippen LogP contribution >= 0.6 is 0 Å². The molecule has 1 aliphatic heterocycles. The molecule has 0 fully saturated rings. The summed E-state index contributed by atoms with van der Waals surface area (Å²) in [6.07, 6.45) is 1.80. The molecule has 0 atom stereocenters. The number of hydrogen-bond donors (Lipinski definition) is 1. The molecular formula is C7H8N2O. The molecule has 0 saturated carbocycles. The van der Waals surface area contributed by atoms with Gasteiger partial charge in [0.25, 0.3) is 0 Å². The molecule has 0 amide bonds. The fourth-order valence-corrected chi connectivity index (χ4v) is 1.04. The Morgan fingerprint density at radius 2 is 2.60 bits per heavy atom. The van der Waals surface area contributed by atoms with Gasteiger partial charge >= 0.3 is 0 Å². The highest BCUT2D eigenvalue weighted by Gasteiger charge is 2.14. The minimum atomic E-state index is 0.719. The van der Waals surface area contributed by atoms with Crippen molar-refractivity contribution in [1.82, 2.24) is 10.5 Å². The fourth-order valence-electron chi connectivity index (χ4n) is 1.04. The maximum absolute atomic E-state index is 5.12. The van der Waals surface area contributed by atoms with Crippen molar-refractivity contribution in [2.45, 2.75) is 13.5 Å². The van der Waals surface area contributed by atoms with Crippen molar-refractivity contribution in [2.24, 2.45) is 0 Å². The number of fused-ring (bicyclic) bond motifs is 1. The summed E-state index contributed by atoms with van der Waals surface area (Å²) in [6, 6.07) is 1.94. The Labute approximate surface area is 59.0 Å². The van der Waals surface area contributed by atoms with E-state index < -0.39 is 0 Å². The molecule has 2 rings (SSSR count). The molecule has 0 saturated heterocycles. The molecule has 10 heavy (non-hydrogen) atoms. The van der Waals surface area contributed by atoms with Crippen molar-refractivity contribution < 1.29 is 4.84 Å². The summed E-state index contributed by atoms with van der Waals surface area (Å²) >= 11 is 0. The van der Waals surface area contributed by atoms with Gasteiger partial charge in [0.1, 0.15) is 5.69 Å². The van der Waals surface area contributed by atoms with Crippen LogP contribution in [0.4, 0.5) is 0 Å². The van der Waals surface area contributed by atoms with Crippen molar-refractivity contribution >= 4 is 0 Å². The molecule has 3 heteroatoms. The maximum Gasteiger partial charge on any atom is 0.172 e. The van der Waals surface area contributed by atoms with Gasteiger partial charge in [0.05, 0.1) is 6.54 Å². The van der Waals surface area contributed by atoms with E-state index in [2.05, 4.69) is 10.5 Å². The van der Waals surface area contributed by atoms with Gasteiger partial charge in [-0.05, 0) is 18.6 Å².